The maximum atomic E-state index is 13.4. The van der Waals surface area contributed by atoms with Gasteiger partial charge in [-0.1, -0.05) is 55.5 Å². The Morgan fingerprint density at radius 2 is 1.92 bits per heavy atom. The normalized spacial score (nSPS) is 22.1. The van der Waals surface area contributed by atoms with Gasteiger partial charge >= 0.3 is 0 Å². The van der Waals surface area contributed by atoms with Crippen molar-refractivity contribution in [2.75, 3.05) is 6.54 Å². The van der Waals surface area contributed by atoms with Crippen LogP contribution in [0, 0.1) is 17.2 Å². The van der Waals surface area contributed by atoms with Gasteiger partial charge < -0.3 is 15.8 Å². The minimum Gasteiger partial charge on any atom is -0.485 e. The molecule has 0 aromatic heterocycles. The van der Waals surface area contributed by atoms with Crippen molar-refractivity contribution in [3.63, 3.8) is 0 Å². The average Bonchev–Trinajstić information content (AvgIpc) is 3.20. The Morgan fingerprint density at radius 3 is 2.64 bits per heavy atom. The fourth-order valence-corrected chi connectivity index (χ4v) is 4.96. The van der Waals surface area contributed by atoms with E-state index in [-0.39, 0.29) is 36.7 Å². The number of nitrogens with zero attached hydrogens (tertiary/aromatic N) is 2. The molecule has 3 aromatic carbocycles. The molecule has 180 valence electrons. The molecule has 1 unspecified atom stereocenters. The zero-order valence-electron chi connectivity index (χ0n) is 19.7. The van der Waals surface area contributed by atoms with E-state index in [4.69, 9.17) is 15.7 Å². The van der Waals surface area contributed by atoms with Crippen molar-refractivity contribution in [2.45, 2.75) is 25.0 Å². The molecule has 3 aromatic rings. The van der Waals surface area contributed by atoms with Gasteiger partial charge in [0.1, 0.15) is 11.9 Å². The largest absolute Gasteiger partial charge is 0.485 e. The molecule has 0 aliphatic carbocycles. The van der Waals surface area contributed by atoms with Crippen molar-refractivity contribution in [1.29, 1.82) is 5.26 Å². The lowest BCUT2D eigenvalue weighted by Gasteiger charge is -2.42. The predicted octanol–water partition coefficient (Wildman–Crippen LogP) is 3.41. The van der Waals surface area contributed by atoms with E-state index in [0.717, 1.165) is 16.7 Å². The second kappa shape index (κ2) is 9.19. The van der Waals surface area contributed by atoms with Gasteiger partial charge in [0.2, 0.25) is 0 Å². The van der Waals surface area contributed by atoms with Crippen molar-refractivity contribution < 1.29 is 14.3 Å². The number of aliphatic imine (C=N–C) groups is 1. The molecular formula is C28H25N5O3. The number of fused-ring (bicyclic) bond motifs is 2. The molecule has 36 heavy (non-hydrogen) atoms. The number of nitrogens with one attached hydrogen (secondary N) is 2. The molecule has 0 radical (unpaired) electrons. The van der Waals surface area contributed by atoms with Crippen LogP contribution in [0.1, 0.15) is 40.9 Å². The second-order valence-electron chi connectivity index (χ2n) is 8.91. The number of amides is 2. The summed E-state index contributed by atoms with van der Waals surface area (Å²) < 4.78 is 6.43. The van der Waals surface area contributed by atoms with Crippen LogP contribution in [0.3, 0.4) is 0 Å². The van der Waals surface area contributed by atoms with Crippen molar-refractivity contribution in [2.24, 2.45) is 16.6 Å². The summed E-state index contributed by atoms with van der Waals surface area (Å²) >= 11 is 0. The Balaban J connectivity index is 1.57. The summed E-state index contributed by atoms with van der Waals surface area (Å²) in [6.45, 7) is 2.23. The summed E-state index contributed by atoms with van der Waals surface area (Å²) in [7, 11) is 0. The quantitative estimate of drug-likeness (QED) is 0.483. The predicted molar refractivity (Wildman–Crippen MR) is 135 cm³/mol. The van der Waals surface area contributed by atoms with Crippen molar-refractivity contribution in [1.82, 2.24) is 10.6 Å². The second-order valence-corrected chi connectivity index (χ2v) is 8.91. The Bertz CT molecular complexity index is 1410. The van der Waals surface area contributed by atoms with E-state index in [1.54, 1.807) is 18.2 Å². The van der Waals surface area contributed by atoms with Crippen LogP contribution < -0.4 is 21.1 Å². The summed E-state index contributed by atoms with van der Waals surface area (Å²) in [4.78, 5) is 30.5. The van der Waals surface area contributed by atoms with Gasteiger partial charge in [-0.3, -0.25) is 14.9 Å². The number of nitrogens with two attached hydrogens (primary N) is 1. The highest BCUT2D eigenvalue weighted by Gasteiger charge is 2.56. The topological polar surface area (TPSA) is 130 Å². The van der Waals surface area contributed by atoms with E-state index in [9.17, 15) is 9.59 Å². The van der Waals surface area contributed by atoms with E-state index in [0.29, 0.717) is 16.9 Å². The van der Waals surface area contributed by atoms with E-state index >= 15 is 0 Å². The lowest BCUT2D eigenvalue weighted by molar-refractivity contribution is -0.128. The van der Waals surface area contributed by atoms with E-state index in [2.05, 4.69) is 15.6 Å². The van der Waals surface area contributed by atoms with Gasteiger partial charge in [0.15, 0.2) is 11.5 Å². The third kappa shape index (κ3) is 3.85. The number of benzene rings is 3. The fraction of sp³-hybridized carbons (Fsp3) is 0.214. The highest BCUT2D eigenvalue weighted by molar-refractivity contribution is 6.08. The maximum absolute atomic E-state index is 13.4. The summed E-state index contributed by atoms with van der Waals surface area (Å²) in [5, 5.41) is 14.1. The molecule has 5 rings (SSSR count). The van der Waals surface area contributed by atoms with Crippen LogP contribution in [0.25, 0.3) is 11.1 Å². The van der Waals surface area contributed by atoms with Crippen molar-refractivity contribution >= 4 is 17.8 Å². The number of hydrogen-bond donors (Lipinski definition) is 3. The van der Waals surface area contributed by atoms with Gasteiger partial charge in [0.25, 0.3) is 11.8 Å². The van der Waals surface area contributed by atoms with Crippen molar-refractivity contribution in [3.8, 4) is 22.9 Å². The number of carbonyl (C=O) groups is 2. The molecule has 3 atom stereocenters. The zero-order chi connectivity index (χ0) is 25.3. The SMILES string of the molecule is CC1[C@H](c2ccccc2)Oc2ccc(-c3cccc(C(=O)NCCC#N)c3)cc2[C@]12N=C(N)NC2=O. The van der Waals surface area contributed by atoms with E-state index in [1.807, 2.05) is 67.6 Å². The zero-order valence-corrected chi connectivity index (χ0v) is 19.7. The molecule has 8 nitrogen and oxygen atoms in total. The van der Waals surface area contributed by atoms with Crippen LogP contribution in [0.5, 0.6) is 5.75 Å². The molecule has 4 N–H and O–H groups in total. The Hall–Kier alpha value is -4.64. The number of ether oxygens (including phenoxy) is 1. The summed E-state index contributed by atoms with van der Waals surface area (Å²) in [6.07, 6.45) is -0.156. The third-order valence-electron chi connectivity index (χ3n) is 6.75. The van der Waals surface area contributed by atoms with Crippen LogP contribution in [0.2, 0.25) is 0 Å². The lowest BCUT2D eigenvalue weighted by atomic mass is 9.72. The van der Waals surface area contributed by atoms with Crippen LogP contribution >= 0.6 is 0 Å². The third-order valence-corrected chi connectivity index (χ3v) is 6.75. The standard InChI is InChI=1S/C28H25N5O3/c1-17-24(18-7-3-2-4-8-18)36-23-12-11-20(16-22(23)28(17)26(35)32-27(30)33-28)19-9-5-10-21(15-19)25(34)31-14-6-13-29/h2-5,7-12,15-17,24H,6,14H2,1H3,(H,31,34)(H3,30,32,33,35)/t17?,24-,28-/m1/s1. The van der Waals surface area contributed by atoms with Gasteiger partial charge in [-0.2, -0.15) is 5.26 Å². The minimum absolute atomic E-state index is 0.0768. The Kier molecular flexibility index (Phi) is 5.90. The minimum atomic E-state index is -1.25. The van der Waals surface area contributed by atoms with Crippen LogP contribution in [-0.2, 0) is 10.3 Å². The van der Waals surface area contributed by atoms with Gasteiger partial charge in [-0.05, 0) is 41.0 Å². The molecule has 0 saturated carbocycles. The summed E-state index contributed by atoms with van der Waals surface area (Å²) in [6, 6.07) is 24.6. The van der Waals surface area contributed by atoms with Crippen molar-refractivity contribution in [3.05, 3.63) is 89.5 Å². The fourth-order valence-electron chi connectivity index (χ4n) is 4.96. The number of guanidine groups is 1. The first-order valence-corrected chi connectivity index (χ1v) is 11.7. The van der Waals surface area contributed by atoms with Crippen LogP contribution in [0.15, 0.2) is 77.8 Å². The summed E-state index contributed by atoms with van der Waals surface area (Å²) in [5.41, 5.74) is 8.41. The molecule has 2 aliphatic heterocycles. The monoisotopic (exact) mass is 479 g/mol. The highest BCUT2D eigenvalue weighted by atomic mass is 16.5. The van der Waals surface area contributed by atoms with Gasteiger partial charge in [-0.25, -0.2) is 4.99 Å². The molecular weight excluding hydrogens is 454 g/mol. The van der Waals surface area contributed by atoms with E-state index < -0.39 is 11.6 Å². The van der Waals surface area contributed by atoms with Gasteiger partial charge in [0, 0.05) is 23.6 Å². The number of hydrogen-bond acceptors (Lipinski definition) is 6. The highest BCUT2D eigenvalue weighted by Crippen LogP contribution is 2.52. The molecule has 0 fully saturated rings. The first-order chi connectivity index (χ1) is 17.4. The molecule has 8 heteroatoms. The smallest absolute Gasteiger partial charge is 0.259 e. The van der Waals surface area contributed by atoms with Gasteiger partial charge in [-0.15, -0.1) is 0 Å². The van der Waals surface area contributed by atoms with E-state index in [1.165, 1.54) is 0 Å². The number of carbonyl (C=O) groups excluding carboxylic acids is 2. The lowest BCUT2D eigenvalue weighted by Crippen LogP contribution is -2.48. The van der Waals surface area contributed by atoms with Crippen LogP contribution in [0.4, 0.5) is 0 Å². The van der Waals surface area contributed by atoms with Gasteiger partial charge in [0.05, 0.1) is 12.5 Å². The average molecular weight is 480 g/mol. The molecule has 2 aliphatic rings. The Labute approximate surface area is 208 Å². The first kappa shape index (κ1) is 23.1. The number of nitriles is 1. The first-order valence-electron chi connectivity index (χ1n) is 11.7. The molecule has 2 amide bonds. The molecule has 2 heterocycles. The Morgan fingerprint density at radius 1 is 1.14 bits per heavy atom. The molecule has 0 saturated heterocycles. The summed E-state index contributed by atoms with van der Waals surface area (Å²) in [5.74, 6) is -0.254. The maximum Gasteiger partial charge on any atom is 0.259 e. The van der Waals surface area contributed by atoms with Crippen LogP contribution in [-0.4, -0.2) is 24.3 Å². The molecule has 0 bridgehead atoms. The number of rotatable bonds is 5. The molecule has 1 spiro atoms.